The van der Waals surface area contributed by atoms with Crippen molar-refractivity contribution in [2.24, 2.45) is 0 Å². The van der Waals surface area contributed by atoms with Gasteiger partial charge in [-0.15, -0.1) is 0 Å². The number of carbonyl (C=O) groups excluding carboxylic acids is 1. The molecule has 0 bridgehead atoms. The van der Waals surface area contributed by atoms with E-state index in [1.165, 1.54) is 18.4 Å². The zero-order chi connectivity index (χ0) is 15.5. The Balaban J connectivity index is 1.59. The summed E-state index contributed by atoms with van der Waals surface area (Å²) in [5, 5.41) is 6.80. The second kappa shape index (κ2) is 6.30. The van der Waals surface area contributed by atoms with E-state index in [1.807, 2.05) is 32.0 Å². The smallest absolute Gasteiger partial charge is 0.251 e. The van der Waals surface area contributed by atoms with Crippen LogP contribution in [0.2, 0.25) is 0 Å². The maximum atomic E-state index is 12.1. The fraction of sp³-hybridized carbons (Fsp3) is 0.471. The third kappa shape index (κ3) is 3.18. The van der Waals surface area contributed by atoms with Crippen LogP contribution in [0.3, 0.4) is 0 Å². The molecule has 1 fully saturated rings. The van der Waals surface area contributed by atoms with Gasteiger partial charge in [-0.2, -0.15) is 4.98 Å². The second-order valence-electron chi connectivity index (χ2n) is 6.01. The number of hydrogen-bond acceptors (Lipinski definition) is 4. The van der Waals surface area contributed by atoms with Gasteiger partial charge in [-0.05, 0) is 49.9 Å². The Morgan fingerprint density at radius 3 is 2.77 bits per heavy atom. The van der Waals surface area contributed by atoms with Gasteiger partial charge in [0, 0.05) is 11.5 Å². The van der Waals surface area contributed by atoms with E-state index in [-0.39, 0.29) is 5.91 Å². The summed E-state index contributed by atoms with van der Waals surface area (Å²) in [6.07, 6.45) is 4.70. The lowest BCUT2D eigenvalue weighted by atomic mass is 10.1. The molecule has 0 unspecified atom stereocenters. The molecule has 0 atom stereocenters. The molecule has 1 amide bonds. The van der Waals surface area contributed by atoms with Gasteiger partial charge < -0.3 is 9.84 Å². The van der Waals surface area contributed by atoms with Gasteiger partial charge in [-0.1, -0.05) is 24.1 Å². The lowest BCUT2D eigenvalue weighted by Gasteiger charge is -2.05. The Bertz CT molecular complexity index is 672. The van der Waals surface area contributed by atoms with E-state index < -0.39 is 0 Å². The number of carbonyl (C=O) groups is 1. The molecule has 3 rings (SSSR count). The molecule has 1 heterocycles. The summed E-state index contributed by atoms with van der Waals surface area (Å²) in [7, 11) is 0. The highest BCUT2D eigenvalue weighted by atomic mass is 16.5. The molecule has 1 saturated carbocycles. The lowest BCUT2D eigenvalue weighted by Crippen LogP contribution is -2.23. The van der Waals surface area contributed by atoms with E-state index in [9.17, 15) is 4.79 Å². The molecular formula is C17H21N3O2. The van der Waals surface area contributed by atoms with Crippen LogP contribution in [0.15, 0.2) is 22.7 Å². The molecule has 2 aromatic rings. The van der Waals surface area contributed by atoms with Crippen molar-refractivity contribution < 1.29 is 9.32 Å². The Labute approximate surface area is 130 Å². The van der Waals surface area contributed by atoms with E-state index in [2.05, 4.69) is 15.5 Å². The van der Waals surface area contributed by atoms with Crippen molar-refractivity contribution in [1.82, 2.24) is 15.5 Å². The molecule has 116 valence electrons. The van der Waals surface area contributed by atoms with Gasteiger partial charge in [-0.25, -0.2) is 0 Å². The van der Waals surface area contributed by atoms with Gasteiger partial charge >= 0.3 is 0 Å². The summed E-state index contributed by atoms with van der Waals surface area (Å²) in [5.74, 6) is 1.54. The van der Waals surface area contributed by atoms with Crippen LogP contribution in [0, 0.1) is 13.8 Å². The van der Waals surface area contributed by atoms with Crippen LogP contribution >= 0.6 is 0 Å². The monoisotopic (exact) mass is 299 g/mol. The lowest BCUT2D eigenvalue weighted by molar-refractivity contribution is 0.0949. The minimum atomic E-state index is -0.115. The number of aromatic nitrogens is 2. The number of nitrogens with one attached hydrogen (secondary N) is 1. The molecule has 0 radical (unpaired) electrons. The third-order valence-electron chi connectivity index (χ3n) is 4.36. The predicted octanol–water partition coefficient (Wildman–Crippen LogP) is 3.27. The molecule has 1 N–H and O–H groups in total. The highest BCUT2D eigenvalue weighted by Gasteiger charge is 2.23. The zero-order valence-electron chi connectivity index (χ0n) is 13.1. The molecule has 0 saturated heterocycles. The van der Waals surface area contributed by atoms with Crippen molar-refractivity contribution in [2.75, 3.05) is 0 Å². The Morgan fingerprint density at radius 1 is 1.27 bits per heavy atom. The van der Waals surface area contributed by atoms with Crippen LogP contribution in [0.1, 0.15) is 64.8 Å². The molecule has 0 spiro atoms. The van der Waals surface area contributed by atoms with Gasteiger partial charge in [-0.3, -0.25) is 4.79 Å². The molecule has 22 heavy (non-hydrogen) atoms. The molecule has 0 aliphatic heterocycles. The SMILES string of the molecule is Cc1ccc(C(=O)NCc2noc(C3CCCC3)n2)cc1C. The number of benzene rings is 1. The topological polar surface area (TPSA) is 68.0 Å². The summed E-state index contributed by atoms with van der Waals surface area (Å²) in [4.78, 5) is 16.5. The van der Waals surface area contributed by atoms with Crippen molar-refractivity contribution in [2.45, 2.75) is 52.0 Å². The fourth-order valence-electron chi connectivity index (χ4n) is 2.82. The Kier molecular flexibility index (Phi) is 4.22. The highest BCUT2D eigenvalue weighted by molar-refractivity contribution is 5.94. The van der Waals surface area contributed by atoms with Crippen LogP contribution in [0.5, 0.6) is 0 Å². The summed E-state index contributed by atoms with van der Waals surface area (Å²) < 4.78 is 5.31. The summed E-state index contributed by atoms with van der Waals surface area (Å²) in [6, 6.07) is 5.68. The minimum absolute atomic E-state index is 0.115. The first-order valence-electron chi connectivity index (χ1n) is 7.81. The van der Waals surface area contributed by atoms with Crippen LogP contribution in [0.4, 0.5) is 0 Å². The molecule has 1 aliphatic carbocycles. The molecule has 1 aliphatic rings. The average molecular weight is 299 g/mol. The first-order valence-corrected chi connectivity index (χ1v) is 7.81. The molecule has 1 aromatic carbocycles. The Hall–Kier alpha value is -2.17. The standard InChI is InChI=1S/C17H21N3O2/c1-11-7-8-14(9-12(11)2)16(21)18-10-15-19-17(22-20-15)13-5-3-4-6-13/h7-9,13H,3-6,10H2,1-2H3,(H,18,21). The van der Waals surface area contributed by atoms with Gasteiger partial charge in [0.05, 0.1) is 6.54 Å². The van der Waals surface area contributed by atoms with E-state index in [1.54, 1.807) is 0 Å². The Morgan fingerprint density at radius 2 is 2.05 bits per heavy atom. The summed E-state index contributed by atoms with van der Waals surface area (Å²) in [6.45, 7) is 4.32. The van der Waals surface area contributed by atoms with E-state index in [4.69, 9.17) is 4.52 Å². The van der Waals surface area contributed by atoms with Crippen molar-refractivity contribution in [3.05, 3.63) is 46.6 Å². The quantitative estimate of drug-likeness (QED) is 0.940. The summed E-state index contributed by atoms with van der Waals surface area (Å²) in [5.41, 5.74) is 2.94. The zero-order valence-corrected chi connectivity index (χ0v) is 13.1. The van der Waals surface area contributed by atoms with E-state index in [0.29, 0.717) is 29.7 Å². The van der Waals surface area contributed by atoms with Crippen molar-refractivity contribution in [3.63, 3.8) is 0 Å². The van der Waals surface area contributed by atoms with Gasteiger partial charge in [0.1, 0.15) is 0 Å². The number of hydrogen-bond donors (Lipinski definition) is 1. The fourth-order valence-corrected chi connectivity index (χ4v) is 2.82. The van der Waals surface area contributed by atoms with Gasteiger partial charge in [0.25, 0.3) is 5.91 Å². The minimum Gasteiger partial charge on any atom is -0.345 e. The average Bonchev–Trinajstić information content (AvgIpc) is 3.18. The number of aryl methyl sites for hydroxylation is 2. The van der Waals surface area contributed by atoms with Crippen molar-refractivity contribution in [1.29, 1.82) is 0 Å². The third-order valence-corrected chi connectivity index (χ3v) is 4.36. The van der Waals surface area contributed by atoms with Crippen LogP contribution in [0.25, 0.3) is 0 Å². The van der Waals surface area contributed by atoms with Gasteiger partial charge in [0.2, 0.25) is 5.89 Å². The highest BCUT2D eigenvalue weighted by Crippen LogP contribution is 2.32. The normalized spacial score (nSPS) is 15.2. The first kappa shape index (κ1) is 14.8. The number of amides is 1. The summed E-state index contributed by atoms with van der Waals surface area (Å²) >= 11 is 0. The molecule has 5 nitrogen and oxygen atoms in total. The first-order chi connectivity index (χ1) is 10.6. The maximum Gasteiger partial charge on any atom is 0.251 e. The van der Waals surface area contributed by atoms with Crippen LogP contribution in [-0.2, 0) is 6.54 Å². The van der Waals surface area contributed by atoms with Crippen molar-refractivity contribution >= 4 is 5.91 Å². The maximum absolute atomic E-state index is 12.1. The van der Waals surface area contributed by atoms with Crippen LogP contribution in [-0.4, -0.2) is 16.0 Å². The van der Waals surface area contributed by atoms with Crippen LogP contribution < -0.4 is 5.32 Å². The van der Waals surface area contributed by atoms with E-state index >= 15 is 0 Å². The predicted molar refractivity (Wildman–Crippen MR) is 82.6 cm³/mol. The molecule has 5 heteroatoms. The second-order valence-corrected chi connectivity index (χ2v) is 6.01. The van der Waals surface area contributed by atoms with E-state index in [0.717, 1.165) is 18.4 Å². The van der Waals surface area contributed by atoms with Gasteiger partial charge in [0.15, 0.2) is 5.82 Å². The number of rotatable bonds is 4. The molecular weight excluding hydrogens is 278 g/mol. The number of nitrogens with zero attached hydrogens (tertiary/aromatic N) is 2. The molecule has 1 aromatic heterocycles. The van der Waals surface area contributed by atoms with Crippen molar-refractivity contribution in [3.8, 4) is 0 Å². The largest absolute Gasteiger partial charge is 0.345 e.